The molecule has 0 unspecified atom stereocenters. The maximum absolute atomic E-state index is 12.7. The van der Waals surface area contributed by atoms with Gasteiger partial charge < -0.3 is 20.3 Å². The Morgan fingerprint density at radius 2 is 1.77 bits per heavy atom. The molecule has 0 aliphatic carbocycles. The van der Waals surface area contributed by atoms with E-state index in [-0.39, 0.29) is 29.0 Å². The normalized spacial score (nSPS) is 17.5. The van der Waals surface area contributed by atoms with Crippen LogP contribution in [0, 0.1) is 16.0 Å². The lowest BCUT2D eigenvalue weighted by molar-refractivity contribution is -0.384. The minimum absolute atomic E-state index is 0.0892. The van der Waals surface area contributed by atoms with Gasteiger partial charge in [-0.15, -0.1) is 0 Å². The van der Waals surface area contributed by atoms with Crippen LogP contribution in [0.1, 0.15) is 42.5 Å². The molecule has 0 bridgehead atoms. The van der Waals surface area contributed by atoms with E-state index in [1.807, 2.05) is 4.90 Å². The number of benzene rings is 1. The molecule has 1 aromatic rings. The Balaban J connectivity index is 1.66. The lowest BCUT2D eigenvalue weighted by Crippen LogP contribution is -2.43. The van der Waals surface area contributed by atoms with Crippen LogP contribution in [0.5, 0.6) is 0 Å². The minimum Gasteiger partial charge on any atom is -0.452 e. The number of nitrogens with zero attached hydrogens (tertiary/aromatic N) is 3. The van der Waals surface area contributed by atoms with Crippen molar-refractivity contribution < 1.29 is 24.0 Å². The van der Waals surface area contributed by atoms with Crippen molar-refractivity contribution in [2.75, 3.05) is 37.7 Å². The van der Waals surface area contributed by atoms with Crippen molar-refractivity contribution in [3.05, 3.63) is 33.9 Å². The van der Waals surface area contributed by atoms with Crippen LogP contribution in [0.3, 0.4) is 0 Å². The van der Waals surface area contributed by atoms with Gasteiger partial charge in [0.25, 0.3) is 11.6 Å². The topological polar surface area (TPSA) is 136 Å². The van der Waals surface area contributed by atoms with Gasteiger partial charge in [0.1, 0.15) is 0 Å². The molecule has 0 atom stereocenters. The van der Waals surface area contributed by atoms with Gasteiger partial charge in [-0.3, -0.25) is 19.7 Å². The number of nitrogens with two attached hydrogens (primary N) is 1. The second kappa shape index (κ2) is 9.55. The highest BCUT2D eigenvalue weighted by Crippen LogP contribution is 2.28. The van der Waals surface area contributed by atoms with Gasteiger partial charge in [0.15, 0.2) is 6.61 Å². The predicted octanol–water partition coefficient (Wildman–Crippen LogP) is 1.47. The summed E-state index contributed by atoms with van der Waals surface area (Å²) < 4.78 is 5.21. The SMILES string of the molecule is NC(=O)C1CCN(C(=O)COC(=O)c2cc([N+](=O)[O-])ccc2N2CCCCC2)CC1. The lowest BCUT2D eigenvalue weighted by atomic mass is 9.96. The van der Waals surface area contributed by atoms with Gasteiger partial charge in [0.05, 0.1) is 16.2 Å². The number of non-ortho nitro benzene ring substituents is 1. The summed E-state index contributed by atoms with van der Waals surface area (Å²) in [6.07, 6.45) is 4.03. The van der Waals surface area contributed by atoms with Gasteiger partial charge in [0, 0.05) is 44.2 Å². The van der Waals surface area contributed by atoms with Crippen LogP contribution in [0.15, 0.2) is 18.2 Å². The molecule has 1 aromatic carbocycles. The molecule has 2 N–H and O–H groups in total. The maximum atomic E-state index is 12.7. The number of rotatable bonds is 6. The second-order valence-corrected chi connectivity index (χ2v) is 7.64. The van der Waals surface area contributed by atoms with E-state index in [1.165, 1.54) is 17.0 Å². The molecule has 2 saturated heterocycles. The molecule has 2 aliphatic heterocycles. The Labute approximate surface area is 174 Å². The first-order chi connectivity index (χ1) is 14.4. The first-order valence-electron chi connectivity index (χ1n) is 10.1. The lowest BCUT2D eigenvalue weighted by Gasteiger charge is -2.31. The molecule has 162 valence electrons. The Hall–Kier alpha value is -3.17. The van der Waals surface area contributed by atoms with Crippen molar-refractivity contribution >= 4 is 29.2 Å². The molecular formula is C20H26N4O6. The van der Waals surface area contributed by atoms with Crippen molar-refractivity contribution in [3.8, 4) is 0 Å². The van der Waals surface area contributed by atoms with E-state index < -0.39 is 17.5 Å². The van der Waals surface area contributed by atoms with Crippen molar-refractivity contribution in [2.24, 2.45) is 11.7 Å². The van der Waals surface area contributed by atoms with Crippen LogP contribution >= 0.6 is 0 Å². The Bertz CT molecular complexity index is 829. The number of hydrogen-bond donors (Lipinski definition) is 1. The first-order valence-corrected chi connectivity index (χ1v) is 10.1. The van der Waals surface area contributed by atoms with Crippen molar-refractivity contribution in [1.82, 2.24) is 4.90 Å². The number of nitro groups is 1. The quantitative estimate of drug-likeness (QED) is 0.419. The summed E-state index contributed by atoms with van der Waals surface area (Å²) in [5, 5.41) is 11.2. The molecule has 30 heavy (non-hydrogen) atoms. The number of amides is 2. The molecule has 0 aromatic heterocycles. The van der Waals surface area contributed by atoms with Crippen molar-refractivity contribution in [3.63, 3.8) is 0 Å². The Morgan fingerprint density at radius 3 is 2.37 bits per heavy atom. The van der Waals surface area contributed by atoms with Gasteiger partial charge in [-0.1, -0.05) is 0 Å². The fourth-order valence-corrected chi connectivity index (χ4v) is 3.92. The zero-order valence-corrected chi connectivity index (χ0v) is 16.7. The summed E-state index contributed by atoms with van der Waals surface area (Å²) in [4.78, 5) is 50.5. The van der Waals surface area contributed by atoms with E-state index in [1.54, 1.807) is 6.07 Å². The molecule has 2 aliphatic rings. The highest BCUT2D eigenvalue weighted by molar-refractivity contribution is 5.97. The number of carbonyl (C=O) groups is 3. The molecule has 0 saturated carbocycles. The summed E-state index contributed by atoms with van der Waals surface area (Å²) in [6.45, 7) is 1.81. The molecule has 2 amide bonds. The largest absolute Gasteiger partial charge is 0.452 e. The average Bonchev–Trinajstić information content (AvgIpc) is 2.77. The van der Waals surface area contributed by atoms with Gasteiger partial charge in [-0.2, -0.15) is 0 Å². The summed E-state index contributed by atoms with van der Waals surface area (Å²) in [7, 11) is 0. The zero-order chi connectivity index (χ0) is 21.7. The number of piperidine rings is 2. The number of hydrogen-bond acceptors (Lipinski definition) is 7. The van der Waals surface area contributed by atoms with Crippen LogP contribution in [-0.2, 0) is 14.3 Å². The zero-order valence-electron chi connectivity index (χ0n) is 16.7. The third kappa shape index (κ3) is 5.05. The number of ether oxygens (including phenoxy) is 1. The third-order valence-electron chi connectivity index (χ3n) is 5.68. The molecule has 10 nitrogen and oxygen atoms in total. The molecule has 0 spiro atoms. The Morgan fingerprint density at radius 1 is 1.10 bits per heavy atom. The van der Waals surface area contributed by atoms with Gasteiger partial charge in [-0.05, 0) is 38.2 Å². The number of anilines is 1. The van der Waals surface area contributed by atoms with Crippen LogP contribution < -0.4 is 10.6 Å². The summed E-state index contributed by atoms with van der Waals surface area (Å²) in [6, 6.07) is 4.14. The van der Waals surface area contributed by atoms with Gasteiger partial charge in [0.2, 0.25) is 5.91 Å². The smallest absolute Gasteiger partial charge is 0.341 e. The van der Waals surface area contributed by atoms with E-state index in [9.17, 15) is 24.5 Å². The second-order valence-electron chi connectivity index (χ2n) is 7.64. The van der Waals surface area contributed by atoms with Crippen LogP contribution in [0.25, 0.3) is 0 Å². The molecular weight excluding hydrogens is 392 g/mol. The fourth-order valence-electron chi connectivity index (χ4n) is 3.92. The average molecular weight is 418 g/mol. The number of esters is 1. The van der Waals surface area contributed by atoms with Gasteiger partial charge >= 0.3 is 5.97 Å². The Kier molecular flexibility index (Phi) is 6.86. The fraction of sp³-hybridized carbons (Fsp3) is 0.550. The highest BCUT2D eigenvalue weighted by atomic mass is 16.6. The molecule has 10 heteroatoms. The van der Waals surface area contributed by atoms with E-state index in [4.69, 9.17) is 10.5 Å². The van der Waals surface area contributed by atoms with Crippen LogP contribution in [0.4, 0.5) is 11.4 Å². The molecule has 3 rings (SSSR count). The van der Waals surface area contributed by atoms with E-state index in [0.717, 1.165) is 32.4 Å². The number of carbonyl (C=O) groups excluding carboxylic acids is 3. The highest BCUT2D eigenvalue weighted by Gasteiger charge is 2.27. The maximum Gasteiger partial charge on any atom is 0.341 e. The summed E-state index contributed by atoms with van der Waals surface area (Å²) >= 11 is 0. The van der Waals surface area contributed by atoms with Crippen molar-refractivity contribution in [1.29, 1.82) is 0 Å². The summed E-state index contributed by atoms with van der Waals surface area (Å²) in [5.41, 5.74) is 5.76. The van der Waals surface area contributed by atoms with Gasteiger partial charge in [-0.25, -0.2) is 4.79 Å². The monoisotopic (exact) mass is 418 g/mol. The number of likely N-dealkylation sites (tertiary alicyclic amines) is 1. The summed E-state index contributed by atoms with van der Waals surface area (Å²) in [5.74, 6) is -1.74. The number of primary amides is 1. The first kappa shape index (κ1) is 21.5. The third-order valence-corrected chi connectivity index (χ3v) is 5.68. The molecule has 0 radical (unpaired) electrons. The van der Waals surface area contributed by atoms with Crippen molar-refractivity contribution in [2.45, 2.75) is 32.1 Å². The minimum atomic E-state index is -0.764. The standard InChI is InChI=1S/C20H26N4O6/c21-19(26)14-6-10-23(11-7-14)18(25)13-30-20(27)16-12-15(24(28)29)4-5-17(16)22-8-2-1-3-9-22/h4-5,12,14H,1-3,6-11,13H2,(H2,21,26). The van der Waals surface area contributed by atoms with Crippen LogP contribution in [-0.4, -0.2) is 60.4 Å². The number of nitro benzene ring substituents is 1. The molecule has 2 fully saturated rings. The molecule has 2 heterocycles. The van der Waals surface area contributed by atoms with E-state index in [2.05, 4.69) is 0 Å². The van der Waals surface area contributed by atoms with Crippen LogP contribution in [0.2, 0.25) is 0 Å². The van der Waals surface area contributed by atoms with E-state index in [0.29, 0.717) is 31.6 Å². The van der Waals surface area contributed by atoms with E-state index >= 15 is 0 Å². The predicted molar refractivity (Wildman–Crippen MR) is 108 cm³/mol.